The second-order valence-electron chi connectivity index (χ2n) is 2.97. The summed E-state index contributed by atoms with van der Waals surface area (Å²) in [4.78, 5) is 8.03. The van der Waals surface area contributed by atoms with Crippen LogP contribution in [0.1, 0.15) is 19.5 Å². The van der Waals surface area contributed by atoms with E-state index in [4.69, 9.17) is 5.73 Å². The van der Waals surface area contributed by atoms with Crippen LogP contribution in [0.5, 0.6) is 0 Å². The van der Waals surface area contributed by atoms with Gasteiger partial charge in [-0.2, -0.15) is 0 Å². The average Bonchev–Trinajstić information content (AvgIpc) is 2.01. The zero-order chi connectivity index (χ0) is 8.97. The topological polar surface area (TPSA) is 63.8 Å². The lowest BCUT2D eigenvalue weighted by atomic mass is 10.3. The number of nitrogens with one attached hydrogen (secondary N) is 1. The lowest BCUT2D eigenvalue weighted by molar-refractivity contribution is 0.580. The van der Waals surface area contributed by atoms with Gasteiger partial charge in [0.25, 0.3) is 0 Å². The van der Waals surface area contributed by atoms with Gasteiger partial charge in [0, 0.05) is 18.8 Å². The zero-order valence-corrected chi connectivity index (χ0v) is 7.41. The van der Waals surface area contributed by atoms with Crippen LogP contribution in [0.4, 0.5) is 5.82 Å². The predicted molar refractivity (Wildman–Crippen MR) is 48.4 cm³/mol. The number of nitrogens with zero attached hydrogens (tertiary/aromatic N) is 2. The average molecular weight is 166 g/mol. The summed E-state index contributed by atoms with van der Waals surface area (Å²) in [5.74, 6) is 0.470. The molecule has 0 radical (unpaired) electrons. The van der Waals surface area contributed by atoms with Gasteiger partial charge in [0.15, 0.2) is 0 Å². The molecule has 1 aromatic heterocycles. The maximum absolute atomic E-state index is 5.46. The van der Waals surface area contributed by atoms with Crippen molar-refractivity contribution in [2.24, 2.45) is 0 Å². The summed E-state index contributed by atoms with van der Waals surface area (Å²) >= 11 is 0. The van der Waals surface area contributed by atoms with Crippen LogP contribution in [-0.4, -0.2) is 16.0 Å². The van der Waals surface area contributed by atoms with Gasteiger partial charge in [-0.25, -0.2) is 4.98 Å². The van der Waals surface area contributed by atoms with Gasteiger partial charge in [0.1, 0.15) is 5.82 Å². The van der Waals surface area contributed by atoms with Gasteiger partial charge in [-0.3, -0.25) is 4.98 Å². The van der Waals surface area contributed by atoms with Crippen LogP contribution in [0.25, 0.3) is 0 Å². The van der Waals surface area contributed by atoms with Crippen molar-refractivity contribution in [2.45, 2.75) is 26.4 Å². The van der Waals surface area contributed by atoms with E-state index in [1.54, 1.807) is 12.4 Å². The smallest absolute Gasteiger partial charge is 0.142 e. The summed E-state index contributed by atoms with van der Waals surface area (Å²) in [6.07, 6.45) is 3.25. The van der Waals surface area contributed by atoms with E-state index in [1.165, 1.54) is 0 Å². The zero-order valence-electron chi connectivity index (χ0n) is 7.41. The van der Waals surface area contributed by atoms with E-state index < -0.39 is 0 Å². The molecule has 12 heavy (non-hydrogen) atoms. The van der Waals surface area contributed by atoms with Gasteiger partial charge < -0.3 is 11.1 Å². The minimum Gasteiger partial charge on any atom is -0.382 e. The third-order valence-corrected chi connectivity index (χ3v) is 1.39. The van der Waals surface area contributed by atoms with Crippen molar-refractivity contribution in [2.75, 3.05) is 5.73 Å². The first-order valence-corrected chi connectivity index (χ1v) is 3.98. The van der Waals surface area contributed by atoms with Crippen molar-refractivity contribution in [3.63, 3.8) is 0 Å². The fourth-order valence-corrected chi connectivity index (χ4v) is 0.817. The van der Waals surface area contributed by atoms with Gasteiger partial charge in [0.05, 0.1) is 11.9 Å². The van der Waals surface area contributed by atoms with Crippen LogP contribution in [0, 0.1) is 0 Å². The SMILES string of the molecule is CC(C)NCc1cncc(N)n1. The van der Waals surface area contributed by atoms with E-state index in [9.17, 15) is 0 Å². The Bertz CT molecular complexity index is 247. The van der Waals surface area contributed by atoms with Gasteiger partial charge in [-0.05, 0) is 0 Å². The van der Waals surface area contributed by atoms with Crippen molar-refractivity contribution in [1.29, 1.82) is 0 Å². The number of nitrogens with two attached hydrogens (primary N) is 1. The highest BCUT2D eigenvalue weighted by atomic mass is 15.0. The molecule has 1 aromatic rings. The molecule has 0 amide bonds. The van der Waals surface area contributed by atoms with Crippen LogP contribution < -0.4 is 11.1 Å². The second kappa shape index (κ2) is 4.01. The molecule has 0 aliphatic rings. The number of hydrogen-bond acceptors (Lipinski definition) is 4. The van der Waals surface area contributed by atoms with E-state index in [2.05, 4.69) is 29.1 Å². The molecule has 0 aromatic carbocycles. The summed E-state index contributed by atoms with van der Waals surface area (Å²) in [6.45, 7) is 4.88. The standard InChI is InChI=1S/C8H14N4/c1-6(2)11-4-7-3-10-5-8(9)12-7/h3,5-6,11H,4H2,1-2H3,(H2,9,12). The molecule has 0 saturated heterocycles. The molecular formula is C8H14N4. The Morgan fingerprint density at radius 2 is 2.25 bits per heavy atom. The third-order valence-electron chi connectivity index (χ3n) is 1.39. The third kappa shape index (κ3) is 2.84. The minimum absolute atomic E-state index is 0.452. The molecule has 66 valence electrons. The maximum atomic E-state index is 5.46. The van der Waals surface area contributed by atoms with Crippen LogP contribution in [0.2, 0.25) is 0 Å². The number of rotatable bonds is 3. The maximum Gasteiger partial charge on any atom is 0.142 e. The summed E-state index contributed by atoms with van der Waals surface area (Å²) in [6, 6.07) is 0.452. The molecule has 1 rings (SSSR count). The van der Waals surface area contributed by atoms with Crippen molar-refractivity contribution < 1.29 is 0 Å². The number of hydrogen-bond donors (Lipinski definition) is 2. The molecule has 3 N–H and O–H groups in total. The fourth-order valence-electron chi connectivity index (χ4n) is 0.817. The highest BCUT2D eigenvalue weighted by Gasteiger charge is 1.96. The largest absolute Gasteiger partial charge is 0.382 e. The summed E-state index contributed by atoms with van der Waals surface area (Å²) in [7, 11) is 0. The Labute approximate surface area is 72.2 Å². The Balaban J connectivity index is 2.52. The van der Waals surface area contributed by atoms with Crippen molar-refractivity contribution in [1.82, 2.24) is 15.3 Å². The molecule has 0 unspecified atom stereocenters. The van der Waals surface area contributed by atoms with Crippen LogP contribution in [-0.2, 0) is 6.54 Å². The molecule has 0 bridgehead atoms. The number of anilines is 1. The molecule has 1 heterocycles. The molecular weight excluding hydrogens is 152 g/mol. The van der Waals surface area contributed by atoms with Gasteiger partial charge in [-0.1, -0.05) is 13.8 Å². The lowest BCUT2D eigenvalue weighted by Gasteiger charge is -2.06. The van der Waals surface area contributed by atoms with E-state index in [0.717, 1.165) is 12.2 Å². The quantitative estimate of drug-likeness (QED) is 0.688. The molecule has 0 saturated carbocycles. The normalized spacial score (nSPS) is 10.6. The van der Waals surface area contributed by atoms with Crippen LogP contribution in [0.15, 0.2) is 12.4 Å². The van der Waals surface area contributed by atoms with E-state index >= 15 is 0 Å². The van der Waals surface area contributed by atoms with Gasteiger partial charge >= 0.3 is 0 Å². The van der Waals surface area contributed by atoms with E-state index in [0.29, 0.717) is 11.9 Å². The number of aromatic nitrogens is 2. The molecule has 0 aliphatic carbocycles. The molecule has 0 aliphatic heterocycles. The van der Waals surface area contributed by atoms with Gasteiger partial charge in [-0.15, -0.1) is 0 Å². The van der Waals surface area contributed by atoms with Crippen molar-refractivity contribution in [3.05, 3.63) is 18.1 Å². The Morgan fingerprint density at radius 3 is 2.83 bits per heavy atom. The van der Waals surface area contributed by atoms with Crippen molar-refractivity contribution >= 4 is 5.82 Å². The first kappa shape index (κ1) is 8.93. The van der Waals surface area contributed by atoms with Crippen LogP contribution in [0.3, 0.4) is 0 Å². The predicted octanol–water partition coefficient (Wildman–Crippen LogP) is 0.557. The molecule has 4 nitrogen and oxygen atoms in total. The molecule has 0 spiro atoms. The first-order valence-electron chi connectivity index (χ1n) is 3.98. The molecule has 0 fully saturated rings. The Hall–Kier alpha value is -1.16. The Morgan fingerprint density at radius 1 is 1.50 bits per heavy atom. The fraction of sp³-hybridized carbons (Fsp3) is 0.500. The summed E-state index contributed by atoms with van der Waals surface area (Å²) in [5, 5.41) is 3.23. The van der Waals surface area contributed by atoms with E-state index in [-0.39, 0.29) is 0 Å². The first-order chi connectivity index (χ1) is 5.68. The molecule has 4 heteroatoms. The van der Waals surface area contributed by atoms with Gasteiger partial charge in [0.2, 0.25) is 0 Å². The lowest BCUT2D eigenvalue weighted by Crippen LogP contribution is -2.22. The van der Waals surface area contributed by atoms with Crippen molar-refractivity contribution in [3.8, 4) is 0 Å². The minimum atomic E-state index is 0.452. The highest BCUT2D eigenvalue weighted by Crippen LogP contribution is 1.96. The second-order valence-corrected chi connectivity index (χ2v) is 2.97. The van der Waals surface area contributed by atoms with Crippen LogP contribution >= 0.6 is 0 Å². The summed E-state index contributed by atoms with van der Waals surface area (Å²) < 4.78 is 0. The molecule has 0 atom stereocenters. The Kier molecular flexibility index (Phi) is 2.99. The monoisotopic (exact) mass is 166 g/mol. The summed E-state index contributed by atoms with van der Waals surface area (Å²) in [5.41, 5.74) is 6.34. The highest BCUT2D eigenvalue weighted by molar-refractivity contribution is 5.23. The number of nitrogen functional groups attached to an aromatic ring is 1. The van der Waals surface area contributed by atoms with E-state index in [1.807, 2.05) is 0 Å².